The van der Waals surface area contributed by atoms with Crippen LogP contribution in [-0.2, 0) is 31.6 Å². The van der Waals surface area contributed by atoms with Crippen molar-refractivity contribution in [1.29, 1.82) is 0 Å². The van der Waals surface area contributed by atoms with Gasteiger partial charge < -0.3 is 14.8 Å². The molecule has 1 unspecified atom stereocenters. The topological polar surface area (TPSA) is 121 Å². The number of aryl methyl sites for hydroxylation is 1. The van der Waals surface area contributed by atoms with Crippen LogP contribution in [0.3, 0.4) is 0 Å². The Labute approximate surface area is 157 Å². The molecular weight excluding hydrogens is 370 g/mol. The summed E-state index contributed by atoms with van der Waals surface area (Å²) < 4.78 is 28.9. The van der Waals surface area contributed by atoms with Gasteiger partial charge in [-0.1, -0.05) is 32.0 Å². The van der Waals surface area contributed by atoms with Gasteiger partial charge in [0.25, 0.3) is 0 Å². The molecule has 1 aliphatic rings. The van der Waals surface area contributed by atoms with Crippen molar-refractivity contribution in [3.8, 4) is 0 Å². The number of hydrogen-bond acceptors (Lipinski definition) is 5. The van der Waals surface area contributed by atoms with Crippen molar-refractivity contribution >= 4 is 32.6 Å². The van der Waals surface area contributed by atoms with Crippen LogP contribution in [0.5, 0.6) is 0 Å². The minimum Gasteiger partial charge on any atom is -0.481 e. The van der Waals surface area contributed by atoms with Crippen LogP contribution >= 0.6 is 0 Å². The fourth-order valence-corrected chi connectivity index (χ4v) is 3.85. The van der Waals surface area contributed by atoms with Crippen LogP contribution < -0.4 is 4.83 Å². The first-order valence-electron chi connectivity index (χ1n) is 8.74. The molecule has 0 spiro atoms. The monoisotopic (exact) mass is 393 g/mol. The molecule has 3 rings (SSSR count). The fraction of sp³-hybridized carbons (Fsp3) is 0.444. The van der Waals surface area contributed by atoms with Crippen molar-refractivity contribution < 1.29 is 23.1 Å². The molecule has 0 radical (unpaired) electrons. The van der Waals surface area contributed by atoms with E-state index in [1.165, 1.54) is 0 Å². The van der Waals surface area contributed by atoms with Crippen molar-refractivity contribution in [1.82, 2.24) is 9.82 Å². The Balaban J connectivity index is 2.29. The van der Waals surface area contributed by atoms with Crippen LogP contribution in [0.2, 0.25) is 0 Å². The molecule has 0 bridgehead atoms. The van der Waals surface area contributed by atoms with Crippen LogP contribution in [0.15, 0.2) is 23.3 Å². The number of hydrogen-bond donors (Lipinski definition) is 3. The molecule has 1 aromatic heterocycles. The maximum Gasteiger partial charge on any atom is 0.306 e. The van der Waals surface area contributed by atoms with Crippen LogP contribution in [0.1, 0.15) is 43.5 Å². The quantitative estimate of drug-likeness (QED) is 0.649. The second kappa shape index (κ2) is 6.97. The first-order chi connectivity index (χ1) is 12.7. The van der Waals surface area contributed by atoms with Crippen molar-refractivity contribution in [3.63, 3.8) is 0 Å². The van der Waals surface area contributed by atoms with E-state index in [0.717, 1.165) is 29.1 Å². The van der Waals surface area contributed by atoms with Gasteiger partial charge >= 0.3 is 5.97 Å². The van der Waals surface area contributed by atoms with Crippen molar-refractivity contribution in [2.45, 2.75) is 38.7 Å². The van der Waals surface area contributed by atoms with Gasteiger partial charge in [-0.15, -0.1) is 0 Å². The van der Waals surface area contributed by atoms with Gasteiger partial charge in [-0.05, 0) is 18.4 Å². The molecule has 2 heterocycles. The normalized spacial score (nSPS) is 21.4. The Bertz CT molecular complexity index is 1030. The number of hydrazone groups is 1. The molecule has 146 valence electrons. The maximum absolute atomic E-state index is 11.5. The lowest BCUT2D eigenvalue weighted by Gasteiger charge is -2.36. The highest BCUT2D eigenvalue weighted by Crippen LogP contribution is 2.42. The lowest BCUT2D eigenvalue weighted by Crippen LogP contribution is -2.40. The number of aromatic nitrogens is 1. The fourth-order valence-electron chi connectivity index (χ4n) is 3.58. The van der Waals surface area contributed by atoms with Crippen LogP contribution in [0.25, 0.3) is 10.9 Å². The molecule has 0 aliphatic carbocycles. The number of para-hydroxylation sites is 1. The number of rotatable bonds is 6. The molecule has 0 saturated heterocycles. The molecule has 1 aromatic carbocycles. The Morgan fingerprint density at radius 2 is 2.15 bits per heavy atom. The smallest absolute Gasteiger partial charge is 0.306 e. The summed E-state index contributed by atoms with van der Waals surface area (Å²) >= 11 is 0. The third-order valence-corrected chi connectivity index (χ3v) is 5.31. The van der Waals surface area contributed by atoms with E-state index >= 15 is 0 Å². The number of carboxylic acid groups (broad SMARTS) is 1. The first kappa shape index (κ1) is 19.4. The number of benzene rings is 1. The number of carbonyl (C=O) groups is 1. The van der Waals surface area contributed by atoms with Gasteiger partial charge in [0.15, 0.2) is 0 Å². The Kier molecular flexibility index (Phi) is 5.00. The van der Waals surface area contributed by atoms with Gasteiger partial charge in [-0.3, -0.25) is 4.79 Å². The number of H-pyrrole nitrogens is 1. The molecule has 0 saturated carbocycles. The van der Waals surface area contributed by atoms with Crippen molar-refractivity contribution in [2.75, 3.05) is 12.9 Å². The highest BCUT2D eigenvalue weighted by molar-refractivity contribution is 7.88. The Morgan fingerprint density at radius 3 is 2.74 bits per heavy atom. The second-order valence-corrected chi connectivity index (χ2v) is 8.42. The number of nitrogens with zero attached hydrogens (tertiary/aromatic N) is 1. The van der Waals surface area contributed by atoms with Gasteiger partial charge in [-0.2, -0.15) is 5.10 Å². The van der Waals surface area contributed by atoms with E-state index in [1.54, 1.807) is 0 Å². The second-order valence-electron chi connectivity index (χ2n) is 6.70. The van der Waals surface area contributed by atoms with Crippen LogP contribution in [0.4, 0.5) is 0 Å². The summed E-state index contributed by atoms with van der Waals surface area (Å²) in [6.45, 7) is 3.92. The standard InChI is InChI=1S/C18H23N3O5S/c1-4-11-7-6-8-12-15-13(20-21-27(3,24)25)10-26-18(5-2,9-14(22)23)17(15)19-16(11)12/h6-8,19,21H,4-5,9-10H2,1-3H3,(H,22,23). The summed E-state index contributed by atoms with van der Waals surface area (Å²) in [7, 11) is -3.53. The third kappa shape index (κ3) is 3.57. The van der Waals surface area contributed by atoms with Gasteiger partial charge in [0.1, 0.15) is 5.60 Å². The molecule has 1 aliphatic heterocycles. The van der Waals surface area contributed by atoms with Crippen molar-refractivity contribution in [3.05, 3.63) is 35.0 Å². The molecule has 3 N–H and O–H groups in total. The average Bonchev–Trinajstić information content (AvgIpc) is 3.00. The minimum absolute atomic E-state index is 0.0138. The summed E-state index contributed by atoms with van der Waals surface area (Å²) in [6, 6.07) is 5.85. The third-order valence-electron chi connectivity index (χ3n) is 4.88. The van der Waals surface area contributed by atoms with Crippen molar-refractivity contribution in [2.24, 2.45) is 5.10 Å². The summed E-state index contributed by atoms with van der Waals surface area (Å²) in [4.78, 5) is 17.0. The van der Waals surface area contributed by atoms with E-state index < -0.39 is 21.6 Å². The molecule has 27 heavy (non-hydrogen) atoms. The largest absolute Gasteiger partial charge is 0.481 e. The molecule has 0 amide bonds. The molecular formula is C18H23N3O5S. The Morgan fingerprint density at radius 1 is 1.41 bits per heavy atom. The van der Waals surface area contributed by atoms with Crippen LogP contribution in [-0.4, -0.2) is 43.1 Å². The molecule has 1 atom stereocenters. The molecule has 8 nitrogen and oxygen atoms in total. The minimum atomic E-state index is -3.53. The number of aliphatic carboxylic acids is 1. The number of carboxylic acids is 1. The lowest BCUT2D eigenvalue weighted by molar-refractivity contribution is -0.146. The SMILES string of the molecule is CCc1cccc2c3c([nH]c12)C(CC)(CC(=O)O)OCC3=NNS(C)(=O)=O. The van der Waals surface area contributed by atoms with E-state index in [9.17, 15) is 18.3 Å². The molecule has 9 heteroatoms. The van der Waals surface area contributed by atoms with E-state index in [-0.39, 0.29) is 13.0 Å². The highest BCUT2D eigenvalue weighted by atomic mass is 32.2. The number of nitrogens with one attached hydrogen (secondary N) is 2. The van der Waals surface area contributed by atoms with Gasteiger partial charge in [-0.25, -0.2) is 13.2 Å². The maximum atomic E-state index is 11.5. The summed E-state index contributed by atoms with van der Waals surface area (Å²) in [6.07, 6.45) is 2.07. The number of aromatic amines is 1. The first-order valence-corrected chi connectivity index (χ1v) is 10.6. The van der Waals surface area contributed by atoms with E-state index in [1.807, 2.05) is 32.0 Å². The number of ether oxygens (including phenoxy) is 1. The zero-order valence-corrected chi connectivity index (χ0v) is 16.3. The molecule has 0 fully saturated rings. The predicted octanol–water partition coefficient (Wildman–Crippen LogP) is 2.09. The van der Waals surface area contributed by atoms with Gasteiger partial charge in [0, 0.05) is 16.5 Å². The zero-order chi connectivity index (χ0) is 19.8. The molecule has 2 aromatic rings. The van der Waals surface area contributed by atoms with Gasteiger partial charge in [0.2, 0.25) is 10.0 Å². The van der Waals surface area contributed by atoms with E-state index in [2.05, 4.69) is 14.9 Å². The summed E-state index contributed by atoms with van der Waals surface area (Å²) in [5.74, 6) is -0.966. The summed E-state index contributed by atoms with van der Waals surface area (Å²) in [5.41, 5.74) is 2.72. The predicted molar refractivity (Wildman–Crippen MR) is 102 cm³/mol. The van der Waals surface area contributed by atoms with Crippen LogP contribution in [0, 0.1) is 0 Å². The Hall–Kier alpha value is -2.39. The summed E-state index contributed by atoms with van der Waals surface area (Å²) in [5, 5.41) is 14.3. The zero-order valence-electron chi connectivity index (χ0n) is 15.5. The average molecular weight is 393 g/mol. The number of sulfonamides is 1. The van der Waals surface area contributed by atoms with E-state index in [4.69, 9.17) is 4.74 Å². The lowest BCUT2D eigenvalue weighted by atomic mass is 9.85. The van der Waals surface area contributed by atoms with Gasteiger partial charge in [0.05, 0.1) is 30.7 Å². The highest BCUT2D eigenvalue weighted by Gasteiger charge is 2.43. The number of fused-ring (bicyclic) bond motifs is 3. The van der Waals surface area contributed by atoms with E-state index in [0.29, 0.717) is 23.4 Å².